The van der Waals surface area contributed by atoms with Gasteiger partial charge in [0.05, 0.1) is 0 Å². The van der Waals surface area contributed by atoms with E-state index in [9.17, 15) is 4.79 Å². The molecule has 76 valence electrons. The summed E-state index contributed by atoms with van der Waals surface area (Å²) in [6.07, 6.45) is 0. The summed E-state index contributed by atoms with van der Waals surface area (Å²) in [7, 11) is 0. The van der Waals surface area contributed by atoms with E-state index in [4.69, 9.17) is 21.5 Å². The first-order valence-electron chi connectivity index (χ1n) is 2.90. The number of thiol groups is 1. The SMILES string of the molecule is CC(N)C(=O)O.N#CS.N=C(N)N. The molecule has 0 amide bonds. The van der Waals surface area contributed by atoms with Crippen molar-refractivity contribution in [1.29, 1.82) is 10.7 Å². The normalized spacial score (nSPS) is 8.77. The first-order valence-corrected chi connectivity index (χ1v) is 3.35. The van der Waals surface area contributed by atoms with Crippen LogP contribution in [0.15, 0.2) is 0 Å². The molecule has 8 heteroatoms. The molecule has 1 atom stereocenters. The lowest BCUT2D eigenvalue weighted by Gasteiger charge is -1.90. The van der Waals surface area contributed by atoms with Crippen LogP contribution in [-0.4, -0.2) is 23.1 Å². The highest BCUT2D eigenvalue weighted by Gasteiger charge is 1.99. The van der Waals surface area contributed by atoms with Gasteiger partial charge in [-0.25, -0.2) is 0 Å². The van der Waals surface area contributed by atoms with Crippen molar-refractivity contribution in [3.63, 3.8) is 0 Å². The summed E-state index contributed by atoms with van der Waals surface area (Å²) >= 11 is 3.09. The number of hydrogen-bond donors (Lipinski definition) is 6. The van der Waals surface area contributed by atoms with Gasteiger partial charge >= 0.3 is 5.97 Å². The van der Waals surface area contributed by atoms with E-state index in [1.54, 1.807) is 0 Å². The van der Waals surface area contributed by atoms with Gasteiger partial charge in [-0.2, -0.15) is 5.26 Å². The molecule has 13 heavy (non-hydrogen) atoms. The molecular formula is C5H13N5O2S. The number of carboxylic acid groups (broad SMARTS) is 1. The second-order valence-electron chi connectivity index (χ2n) is 1.68. The second kappa shape index (κ2) is 13.2. The fraction of sp³-hybridized carbons (Fsp3) is 0.400. The number of nitrogens with one attached hydrogen (secondary N) is 1. The third-order valence-corrected chi connectivity index (χ3v) is 0.390. The van der Waals surface area contributed by atoms with E-state index in [0.717, 1.165) is 0 Å². The predicted octanol–water partition coefficient (Wildman–Crippen LogP) is -1.35. The molecule has 0 heterocycles. The maximum atomic E-state index is 9.57. The summed E-state index contributed by atoms with van der Waals surface area (Å²) in [5, 5.41) is 22.5. The quantitative estimate of drug-likeness (QED) is 0.135. The molecule has 0 aromatic heterocycles. The molecule has 0 fully saturated rings. The van der Waals surface area contributed by atoms with Gasteiger partial charge in [0.25, 0.3) is 0 Å². The van der Waals surface area contributed by atoms with Crippen molar-refractivity contribution < 1.29 is 9.90 Å². The van der Waals surface area contributed by atoms with Crippen molar-refractivity contribution in [2.24, 2.45) is 17.2 Å². The largest absolute Gasteiger partial charge is 0.480 e. The number of carbonyl (C=O) groups is 1. The number of guanidine groups is 1. The van der Waals surface area contributed by atoms with Gasteiger partial charge in [0.1, 0.15) is 11.4 Å². The van der Waals surface area contributed by atoms with E-state index in [2.05, 4.69) is 24.1 Å². The molecule has 0 aromatic rings. The predicted molar refractivity (Wildman–Crippen MR) is 52.0 cm³/mol. The lowest BCUT2D eigenvalue weighted by atomic mass is 10.4. The summed E-state index contributed by atoms with van der Waals surface area (Å²) in [4.78, 5) is 9.57. The molecule has 0 aliphatic rings. The van der Waals surface area contributed by atoms with E-state index < -0.39 is 12.0 Å². The minimum absolute atomic E-state index is 0.333. The fourth-order valence-electron chi connectivity index (χ4n) is 0. The molecule has 0 saturated carbocycles. The summed E-state index contributed by atoms with van der Waals surface area (Å²) in [6, 6.07) is -0.731. The molecule has 0 rings (SSSR count). The third kappa shape index (κ3) is 119. The Hall–Kier alpha value is -1.46. The minimum Gasteiger partial charge on any atom is -0.480 e. The Balaban J connectivity index is -0.000000125. The van der Waals surface area contributed by atoms with Gasteiger partial charge < -0.3 is 22.3 Å². The van der Waals surface area contributed by atoms with Crippen molar-refractivity contribution >= 4 is 24.6 Å². The highest BCUT2D eigenvalue weighted by molar-refractivity contribution is 7.85. The van der Waals surface area contributed by atoms with Crippen molar-refractivity contribution in [2.75, 3.05) is 0 Å². The average Bonchev–Trinajstić information content (AvgIpc) is 1.87. The van der Waals surface area contributed by atoms with Crippen LogP contribution in [-0.2, 0) is 4.79 Å². The molecule has 0 spiro atoms. The smallest absolute Gasteiger partial charge is 0.320 e. The van der Waals surface area contributed by atoms with Crippen molar-refractivity contribution in [3.05, 3.63) is 0 Å². The van der Waals surface area contributed by atoms with Crippen molar-refractivity contribution in [3.8, 4) is 5.40 Å². The number of carboxylic acids is 1. The van der Waals surface area contributed by atoms with E-state index in [1.165, 1.54) is 12.3 Å². The monoisotopic (exact) mass is 207 g/mol. The molecule has 0 radical (unpaired) electrons. The van der Waals surface area contributed by atoms with Gasteiger partial charge in [-0.1, -0.05) is 12.6 Å². The van der Waals surface area contributed by atoms with E-state index >= 15 is 0 Å². The van der Waals surface area contributed by atoms with Crippen LogP contribution in [0.4, 0.5) is 0 Å². The van der Waals surface area contributed by atoms with Crippen LogP contribution >= 0.6 is 12.6 Å². The van der Waals surface area contributed by atoms with E-state index in [-0.39, 0.29) is 5.96 Å². The maximum Gasteiger partial charge on any atom is 0.320 e. The van der Waals surface area contributed by atoms with Gasteiger partial charge in [0.2, 0.25) is 0 Å². The zero-order valence-electron chi connectivity index (χ0n) is 7.06. The van der Waals surface area contributed by atoms with Gasteiger partial charge in [-0.3, -0.25) is 10.2 Å². The number of nitrogens with two attached hydrogens (primary N) is 3. The van der Waals surface area contributed by atoms with Crippen LogP contribution in [0, 0.1) is 16.1 Å². The Morgan fingerprint density at radius 2 is 1.77 bits per heavy atom. The highest BCUT2D eigenvalue weighted by Crippen LogP contribution is 1.68. The van der Waals surface area contributed by atoms with Crippen LogP contribution < -0.4 is 17.2 Å². The number of aliphatic carboxylic acids is 1. The molecule has 0 bridgehead atoms. The third-order valence-electron chi connectivity index (χ3n) is 0.390. The first-order chi connectivity index (χ1) is 5.79. The fourth-order valence-corrected chi connectivity index (χ4v) is 0. The number of nitriles is 1. The maximum absolute atomic E-state index is 9.57. The van der Waals surface area contributed by atoms with E-state index in [0.29, 0.717) is 0 Å². The van der Waals surface area contributed by atoms with Crippen LogP contribution in [0.3, 0.4) is 0 Å². The zero-order valence-corrected chi connectivity index (χ0v) is 7.95. The van der Waals surface area contributed by atoms with Gasteiger partial charge in [0, 0.05) is 0 Å². The summed E-state index contributed by atoms with van der Waals surface area (Å²) in [5.74, 6) is -1.30. The number of thiocyanates is 1. The van der Waals surface area contributed by atoms with Gasteiger partial charge in [-0.15, -0.1) is 0 Å². The van der Waals surface area contributed by atoms with Crippen LogP contribution in [0.25, 0.3) is 0 Å². The average molecular weight is 207 g/mol. The Morgan fingerprint density at radius 1 is 1.69 bits per heavy atom. The highest BCUT2D eigenvalue weighted by atomic mass is 32.1. The molecule has 0 aromatic carbocycles. The lowest BCUT2D eigenvalue weighted by Crippen LogP contribution is -2.25. The molecule has 7 nitrogen and oxygen atoms in total. The van der Waals surface area contributed by atoms with Gasteiger partial charge in [-0.05, 0) is 6.92 Å². The summed E-state index contributed by atoms with van der Waals surface area (Å²) in [5.41, 5.74) is 13.8. The molecule has 0 aliphatic heterocycles. The van der Waals surface area contributed by atoms with Gasteiger partial charge in [0.15, 0.2) is 5.96 Å². The minimum atomic E-state index is -0.963. The molecule has 0 aliphatic carbocycles. The van der Waals surface area contributed by atoms with Crippen molar-refractivity contribution in [2.45, 2.75) is 13.0 Å². The number of hydrogen-bond acceptors (Lipinski definition) is 5. The molecular weight excluding hydrogens is 194 g/mol. The van der Waals surface area contributed by atoms with Crippen LogP contribution in [0.1, 0.15) is 6.92 Å². The van der Waals surface area contributed by atoms with Crippen LogP contribution in [0.2, 0.25) is 0 Å². The molecule has 1 unspecified atom stereocenters. The zero-order chi connectivity index (χ0) is 11.4. The Kier molecular flexibility index (Phi) is 17.8. The Bertz CT molecular complexity index is 184. The summed E-state index contributed by atoms with van der Waals surface area (Å²) in [6.45, 7) is 1.42. The summed E-state index contributed by atoms with van der Waals surface area (Å²) < 4.78 is 0. The lowest BCUT2D eigenvalue weighted by molar-refractivity contribution is -0.138. The molecule has 0 saturated heterocycles. The van der Waals surface area contributed by atoms with E-state index in [1.807, 2.05) is 0 Å². The molecule has 8 N–H and O–H groups in total. The first kappa shape index (κ1) is 17.6. The second-order valence-corrected chi connectivity index (χ2v) is 1.88. The Morgan fingerprint density at radius 3 is 1.77 bits per heavy atom. The number of nitrogens with zero attached hydrogens (tertiary/aromatic N) is 1. The Labute approximate surface area is 81.4 Å². The topological polar surface area (TPSA) is 163 Å². The van der Waals surface area contributed by atoms with Crippen molar-refractivity contribution in [1.82, 2.24) is 0 Å². The number of rotatable bonds is 1. The standard InChI is InChI=1S/C3H7NO2.CH5N3.CHNS/c1-2(4)3(5)6;2-1(3)4;2-1-3/h2H,4H2,1H3,(H,5,6);(H5,2,3,4);3H. The van der Waals surface area contributed by atoms with Crippen LogP contribution in [0.5, 0.6) is 0 Å².